The van der Waals surface area contributed by atoms with Crippen LogP contribution in [0, 0.1) is 19.3 Å². The molecule has 0 bridgehead atoms. The quantitative estimate of drug-likeness (QED) is 0.765. The summed E-state index contributed by atoms with van der Waals surface area (Å²) >= 11 is 0. The molecule has 84 valence electrons. The molecule has 0 saturated heterocycles. The maximum Gasteiger partial charge on any atom is 0.221 e. The van der Waals surface area contributed by atoms with Crippen molar-refractivity contribution >= 4 is 5.91 Å². The molecule has 0 aliphatic heterocycles. The van der Waals surface area contributed by atoms with Gasteiger partial charge in [0.2, 0.25) is 5.91 Å². The lowest BCUT2D eigenvalue weighted by Crippen LogP contribution is -2.31. The van der Waals surface area contributed by atoms with Gasteiger partial charge in [0, 0.05) is 6.42 Å². The summed E-state index contributed by atoms with van der Waals surface area (Å²) in [6, 6.07) is 7.90. The molecular weight excluding hydrogens is 198 g/mol. The Hall–Kier alpha value is -1.75. The minimum atomic E-state index is -0.190. The SMILES string of the molecule is C#CC(C)NC(=O)CCc1ccccc1C. The summed E-state index contributed by atoms with van der Waals surface area (Å²) < 4.78 is 0. The highest BCUT2D eigenvalue weighted by Gasteiger charge is 2.05. The van der Waals surface area contributed by atoms with E-state index < -0.39 is 0 Å². The average Bonchev–Trinajstić information content (AvgIpc) is 2.28. The standard InChI is InChI=1S/C14H17NO/c1-4-12(3)15-14(16)10-9-13-8-6-5-7-11(13)2/h1,5-8,12H,9-10H2,2-3H3,(H,15,16). The fourth-order valence-electron chi connectivity index (χ4n) is 1.49. The van der Waals surface area contributed by atoms with E-state index in [4.69, 9.17) is 6.42 Å². The number of benzene rings is 1. The molecule has 0 aromatic heterocycles. The van der Waals surface area contributed by atoms with Crippen molar-refractivity contribution in [2.24, 2.45) is 0 Å². The van der Waals surface area contributed by atoms with Crippen LogP contribution in [-0.4, -0.2) is 11.9 Å². The lowest BCUT2D eigenvalue weighted by Gasteiger charge is -2.08. The fourth-order valence-corrected chi connectivity index (χ4v) is 1.49. The first-order chi connectivity index (χ1) is 7.63. The molecule has 0 spiro atoms. The van der Waals surface area contributed by atoms with Gasteiger partial charge < -0.3 is 5.32 Å². The smallest absolute Gasteiger partial charge is 0.221 e. The molecular formula is C14H17NO. The molecule has 1 N–H and O–H groups in total. The van der Waals surface area contributed by atoms with Crippen LogP contribution < -0.4 is 5.32 Å². The third-order valence-electron chi connectivity index (χ3n) is 2.51. The van der Waals surface area contributed by atoms with Gasteiger partial charge in [-0.2, -0.15) is 0 Å². The van der Waals surface area contributed by atoms with Crippen LogP contribution in [0.25, 0.3) is 0 Å². The number of amides is 1. The Morgan fingerprint density at radius 1 is 1.50 bits per heavy atom. The van der Waals surface area contributed by atoms with Gasteiger partial charge in [-0.15, -0.1) is 6.42 Å². The highest BCUT2D eigenvalue weighted by Crippen LogP contribution is 2.09. The van der Waals surface area contributed by atoms with Gasteiger partial charge in [-0.05, 0) is 31.4 Å². The lowest BCUT2D eigenvalue weighted by molar-refractivity contribution is -0.121. The van der Waals surface area contributed by atoms with Crippen molar-refractivity contribution in [2.75, 3.05) is 0 Å². The normalized spacial score (nSPS) is 11.6. The number of carbonyl (C=O) groups excluding carboxylic acids is 1. The van der Waals surface area contributed by atoms with Gasteiger partial charge in [-0.3, -0.25) is 4.79 Å². The van der Waals surface area contributed by atoms with Crippen LogP contribution in [0.2, 0.25) is 0 Å². The van der Waals surface area contributed by atoms with Crippen LogP contribution in [0.5, 0.6) is 0 Å². The van der Waals surface area contributed by atoms with E-state index >= 15 is 0 Å². The molecule has 1 aromatic carbocycles. The number of terminal acetylenes is 1. The second kappa shape index (κ2) is 5.97. The van der Waals surface area contributed by atoms with Gasteiger partial charge in [0.25, 0.3) is 0 Å². The van der Waals surface area contributed by atoms with Crippen LogP contribution in [0.3, 0.4) is 0 Å². The van der Waals surface area contributed by atoms with Crippen LogP contribution in [0.4, 0.5) is 0 Å². The number of carbonyl (C=O) groups is 1. The van der Waals surface area contributed by atoms with Crippen LogP contribution in [0.15, 0.2) is 24.3 Å². The highest BCUT2D eigenvalue weighted by molar-refractivity contribution is 5.76. The molecule has 1 aromatic rings. The summed E-state index contributed by atoms with van der Waals surface area (Å²) in [5.74, 6) is 2.48. The van der Waals surface area contributed by atoms with E-state index in [1.54, 1.807) is 6.92 Å². The lowest BCUT2D eigenvalue weighted by atomic mass is 10.0. The van der Waals surface area contributed by atoms with Gasteiger partial charge in [0.05, 0.1) is 6.04 Å². The summed E-state index contributed by atoms with van der Waals surface area (Å²) in [4.78, 5) is 11.5. The Bertz CT molecular complexity index is 403. The number of hydrogen-bond acceptors (Lipinski definition) is 1. The van der Waals surface area contributed by atoms with Crippen molar-refractivity contribution in [2.45, 2.75) is 32.7 Å². The number of aryl methyl sites for hydroxylation is 2. The zero-order valence-corrected chi connectivity index (χ0v) is 9.79. The summed E-state index contributed by atoms with van der Waals surface area (Å²) in [6.45, 7) is 3.85. The molecule has 0 heterocycles. The molecule has 1 rings (SSSR count). The predicted octanol–water partition coefficient (Wildman–Crippen LogP) is 2.07. The van der Waals surface area contributed by atoms with E-state index in [-0.39, 0.29) is 11.9 Å². The monoisotopic (exact) mass is 215 g/mol. The van der Waals surface area contributed by atoms with E-state index in [0.29, 0.717) is 6.42 Å². The molecule has 2 heteroatoms. The molecule has 1 amide bonds. The molecule has 2 nitrogen and oxygen atoms in total. The molecule has 0 saturated carbocycles. The predicted molar refractivity (Wildman–Crippen MR) is 65.9 cm³/mol. The zero-order chi connectivity index (χ0) is 12.0. The first kappa shape index (κ1) is 12.3. The van der Waals surface area contributed by atoms with E-state index in [1.807, 2.05) is 18.2 Å². The van der Waals surface area contributed by atoms with Crippen molar-refractivity contribution in [1.82, 2.24) is 5.32 Å². The first-order valence-electron chi connectivity index (χ1n) is 5.43. The third-order valence-corrected chi connectivity index (χ3v) is 2.51. The first-order valence-corrected chi connectivity index (χ1v) is 5.43. The molecule has 16 heavy (non-hydrogen) atoms. The second-order valence-corrected chi connectivity index (χ2v) is 3.88. The number of hydrogen-bond donors (Lipinski definition) is 1. The zero-order valence-electron chi connectivity index (χ0n) is 9.79. The Morgan fingerprint density at radius 3 is 2.81 bits per heavy atom. The second-order valence-electron chi connectivity index (χ2n) is 3.88. The number of nitrogens with one attached hydrogen (secondary N) is 1. The van der Waals surface area contributed by atoms with Crippen molar-refractivity contribution in [1.29, 1.82) is 0 Å². The summed E-state index contributed by atoms with van der Waals surface area (Å²) in [7, 11) is 0. The van der Waals surface area contributed by atoms with Crippen molar-refractivity contribution in [3.8, 4) is 12.3 Å². The Kier molecular flexibility index (Phi) is 4.60. The van der Waals surface area contributed by atoms with Crippen LogP contribution in [0.1, 0.15) is 24.5 Å². The summed E-state index contributed by atoms with van der Waals surface area (Å²) in [6.07, 6.45) is 6.43. The van der Waals surface area contributed by atoms with Crippen molar-refractivity contribution in [3.63, 3.8) is 0 Å². The van der Waals surface area contributed by atoms with E-state index in [9.17, 15) is 4.79 Å². The Morgan fingerprint density at radius 2 is 2.19 bits per heavy atom. The van der Waals surface area contributed by atoms with Gasteiger partial charge in [-0.1, -0.05) is 30.2 Å². The summed E-state index contributed by atoms with van der Waals surface area (Å²) in [5, 5.41) is 2.74. The largest absolute Gasteiger partial charge is 0.343 e. The fraction of sp³-hybridized carbons (Fsp3) is 0.357. The Balaban J connectivity index is 2.44. The summed E-state index contributed by atoms with van der Waals surface area (Å²) in [5.41, 5.74) is 2.44. The van der Waals surface area contributed by atoms with E-state index in [2.05, 4.69) is 24.2 Å². The molecule has 1 unspecified atom stereocenters. The highest BCUT2D eigenvalue weighted by atomic mass is 16.1. The Labute approximate surface area is 97.1 Å². The molecule has 0 radical (unpaired) electrons. The minimum absolute atomic E-state index is 0.00806. The van der Waals surface area contributed by atoms with E-state index in [0.717, 1.165) is 6.42 Å². The van der Waals surface area contributed by atoms with Gasteiger partial charge in [0.1, 0.15) is 0 Å². The molecule has 0 fully saturated rings. The minimum Gasteiger partial charge on any atom is -0.343 e. The average molecular weight is 215 g/mol. The molecule has 1 atom stereocenters. The van der Waals surface area contributed by atoms with Gasteiger partial charge in [0.15, 0.2) is 0 Å². The molecule has 0 aliphatic carbocycles. The number of rotatable bonds is 4. The maximum atomic E-state index is 11.5. The van der Waals surface area contributed by atoms with Gasteiger partial charge in [-0.25, -0.2) is 0 Å². The van der Waals surface area contributed by atoms with Crippen molar-refractivity contribution in [3.05, 3.63) is 35.4 Å². The van der Waals surface area contributed by atoms with E-state index in [1.165, 1.54) is 11.1 Å². The third kappa shape index (κ3) is 3.78. The topological polar surface area (TPSA) is 29.1 Å². The van der Waals surface area contributed by atoms with Crippen molar-refractivity contribution < 1.29 is 4.79 Å². The maximum absolute atomic E-state index is 11.5. The van der Waals surface area contributed by atoms with Gasteiger partial charge >= 0.3 is 0 Å². The molecule has 0 aliphatic rings. The van der Waals surface area contributed by atoms with Crippen LogP contribution >= 0.6 is 0 Å². The van der Waals surface area contributed by atoms with Crippen LogP contribution in [-0.2, 0) is 11.2 Å².